The normalized spacial score (nSPS) is 16.3. The first-order valence-corrected chi connectivity index (χ1v) is 10.2. The van der Waals surface area contributed by atoms with Gasteiger partial charge in [0, 0.05) is 24.0 Å². The highest BCUT2D eigenvalue weighted by atomic mass is 35.5. The van der Waals surface area contributed by atoms with Crippen LogP contribution in [0.1, 0.15) is 45.5 Å². The maximum absolute atomic E-state index is 13.9. The van der Waals surface area contributed by atoms with Gasteiger partial charge in [-0.15, -0.1) is 23.7 Å². The number of benzene rings is 1. The molecule has 1 aliphatic heterocycles. The predicted molar refractivity (Wildman–Crippen MR) is 115 cm³/mol. The molecule has 4 rings (SSSR count). The van der Waals surface area contributed by atoms with Crippen molar-refractivity contribution >= 4 is 34.8 Å². The molecule has 1 fully saturated rings. The van der Waals surface area contributed by atoms with E-state index in [1.165, 1.54) is 17.4 Å². The van der Waals surface area contributed by atoms with Crippen LogP contribution in [-0.4, -0.2) is 33.8 Å². The molecule has 2 aromatic heterocycles. The number of carbonyl (C=O) groups is 1. The van der Waals surface area contributed by atoms with Gasteiger partial charge in [-0.25, -0.2) is 9.37 Å². The third-order valence-electron chi connectivity index (χ3n) is 4.91. The van der Waals surface area contributed by atoms with Crippen LogP contribution >= 0.6 is 23.7 Å². The van der Waals surface area contributed by atoms with Crippen molar-refractivity contribution in [2.75, 3.05) is 18.4 Å². The number of aryl methyl sites for hydroxylation is 1. The number of rotatable bonds is 5. The molecule has 0 saturated carbocycles. The third kappa shape index (κ3) is 5.01. The average molecular weight is 436 g/mol. The number of aromatic nitrogens is 3. The quantitative estimate of drug-likeness (QED) is 0.636. The van der Waals surface area contributed by atoms with E-state index in [-0.39, 0.29) is 30.2 Å². The molecule has 3 aromatic rings. The summed E-state index contributed by atoms with van der Waals surface area (Å²) in [5.41, 5.74) is 1.78. The topological polar surface area (TPSA) is 71.8 Å². The highest BCUT2D eigenvalue weighted by molar-refractivity contribution is 7.15. The Morgan fingerprint density at radius 2 is 2.21 bits per heavy atom. The van der Waals surface area contributed by atoms with Gasteiger partial charge in [0.15, 0.2) is 10.8 Å². The molecule has 2 N–H and O–H groups in total. The van der Waals surface area contributed by atoms with Gasteiger partial charge in [0.2, 0.25) is 0 Å². The van der Waals surface area contributed by atoms with E-state index >= 15 is 0 Å². The first-order valence-electron chi connectivity index (χ1n) is 9.37. The van der Waals surface area contributed by atoms with E-state index in [1.54, 1.807) is 18.2 Å². The number of nitrogens with zero attached hydrogens (tertiary/aromatic N) is 3. The fourth-order valence-corrected chi connectivity index (χ4v) is 4.32. The van der Waals surface area contributed by atoms with Crippen LogP contribution in [0.25, 0.3) is 0 Å². The molecule has 1 amide bonds. The lowest BCUT2D eigenvalue weighted by atomic mass is 10.1. The number of thiazole rings is 1. The standard InChI is InChI=1S/C20H22FN5OS.ClH/c1-13-18(11-14-5-2-3-7-16(14)21)28-20(23-13)24-19(27)17-8-10-26(25-17)15-6-4-9-22-12-15;/h2-3,5,7-8,10,15,22H,4,6,9,11-12H2,1H3,(H,23,24,27);1H. The Morgan fingerprint density at radius 1 is 1.38 bits per heavy atom. The number of nitrogens with one attached hydrogen (secondary N) is 2. The molecule has 1 aliphatic rings. The first-order chi connectivity index (χ1) is 13.6. The van der Waals surface area contributed by atoms with Gasteiger partial charge in [0.1, 0.15) is 5.82 Å². The number of halogens is 2. The van der Waals surface area contributed by atoms with Crippen LogP contribution in [0.15, 0.2) is 36.5 Å². The largest absolute Gasteiger partial charge is 0.315 e. The molecule has 9 heteroatoms. The average Bonchev–Trinajstić information content (AvgIpc) is 3.32. The van der Waals surface area contributed by atoms with Crippen LogP contribution in [0, 0.1) is 12.7 Å². The molecule has 1 atom stereocenters. The monoisotopic (exact) mass is 435 g/mol. The van der Waals surface area contributed by atoms with Crippen LogP contribution in [-0.2, 0) is 6.42 Å². The molecular formula is C20H23ClFN5OS. The summed E-state index contributed by atoms with van der Waals surface area (Å²) in [6.07, 6.45) is 4.47. The van der Waals surface area contributed by atoms with Gasteiger partial charge >= 0.3 is 0 Å². The Bertz CT molecular complexity index is 983. The summed E-state index contributed by atoms with van der Waals surface area (Å²) in [4.78, 5) is 17.9. The van der Waals surface area contributed by atoms with Gasteiger partial charge < -0.3 is 5.32 Å². The van der Waals surface area contributed by atoms with Gasteiger partial charge in [0.05, 0.1) is 11.7 Å². The minimum Gasteiger partial charge on any atom is -0.315 e. The van der Waals surface area contributed by atoms with Crippen molar-refractivity contribution < 1.29 is 9.18 Å². The lowest BCUT2D eigenvalue weighted by Crippen LogP contribution is -2.32. The number of anilines is 1. The molecule has 29 heavy (non-hydrogen) atoms. The van der Waals surface area contributed by atoms with Crippen LogP contribution in [0.3, 0.4) is 0 Å². The molecule has 1 saturated heterocycles. The second-order valence-electron chi connectivity index (χ2n) is 6.93. The van der Waals surface area contributed by atoms with Gasteiger partial charge in [-0.1, -0.05) is 18.2 Å². The maximum atomic E-state index is 13.9. The summed E-state index contributed by atoms with van der Waals surface area (Å²) < 4.78 is 15.8. The highest BCUT2D eigenvalue weighted by Crippen LogP contribution is 2.26. The first kappa shape index (κ1) is 21.4. The van der Waals surface area contributed by atoms with Gasteiger partial charge in [-0.3, -0.25) is 14.8 Å². The summed E-state index contributed by atoms with van der Waals surface area (Å²) in [7, 11) is 0. The molecule has 1 unspecified atom stereocenters. The minimum absolute atomic E-state index is 0. The Hall–Kier alpha value is -2.29. The number of amides is 1. The number of piperidine rings is 1. The van der Waals surface area contributed by atoms with E-state index in [9.17, 15) is 9.18 Å². The fraction of sp³-hybridized carbons (Fsp3) is 0.350. The minimum atomic E-state index is -0.284. The fourth-order valence-electron chi connectivity index (χ4n) is 3.34. The second-order valence-corrected chi connectivity index (χ2v) is 8.01. The highest BCUT2D eigenvalue weighted by Gasteiger charge is 2.19. The number of hydrogen-bond acceptors (Lipinski definition) is 5. The molecular weight excluding hydrogens is 413 g/mol. The summed E-state index contributed by atoms with van der Waals surface area (Å²) in [5.74, 6) is -0.516. The van der Waals surface area contributed by atoms with Crippen LogP contribution in [0.2, 0.25) is 0 Å². The molecule has 0 bridgehead atoms. The van der Waals surface area contributed by atoms with E-state index in [2.05, 4.69) is 20.7 Å². The van der Waals surface area contributed by atoms with Crippen molar-refractivity contribution in [3.05, 3.63) is 64.2 Å². The maximum Gasteiger partial charge on any atom is 0.277 e. The van der Waals surface area contributed by atoms with E-state index in [0.717, 1.165) is 36.5 Å². The molecule has 154 valence electrons. The van der Waals surface area contributed by atoms with E-state index in [1.807, 2.05) is 23.9 Å². The van der Waals surface area contributed by atoms with Crippen molar-refractivity contribution in [2.24, 2.45) is 0 Å². The number of hydrogen-bond donors (Lipinski definition) is 2. The lowest BCUT2D eigenvalue weighted by Gasteiger charge is -2.22. The van der Waals surface area contributed by atoms with Gasteiger partial charge in [0.25, 0.3) is 5.91 Å². The number of carbonyl (C=O) groups excluding carboxylic acids is 1. The van der Waals surface area contributed by atoms with Crippen LogP contribution in [0.5, 0.6) is 0 Å². The molecule has 0 aliphatic carbocycles. The van der Waals surface area contributed by atoms with Crippen molar-refractivity contribution in [1.82, 2.24) is 20.1 Å². The van der Waals surface area contributed by atoms with Crippen molar-refractivity contribution in [3.63, 3.8) is 0 Å². The molecule has 6 nitrogen and oxygen atoms in total. The predicted octanol–water partition coefficient (Wildman–Crippen LogP) is 3.98. The summed E-state index contributed by atoms with van der Waals surface area (Å²) in [5, 5.41) is 11.1. The molecule has 0 radical (unpaired) electrons. The Labute approximate surface area is 179 Å². The summed E-state index contributed by atoms with van der Waals surface area (Å²) in [6.45, 7) is 3.77. The Balaban J connectivity index is 0.00000240. The zero-order valence-corrected chi connectivity index (χ0v) is 17.7. The lowest BCUT2D eigenvalue weighted by molar-refractivity contribution is 0.102. The zero-order chi connectivity index (χ0) is 19.5. The smallest absolute Gasteiger partial charge is 0.277 e. The molecule has 3 heterocycles. The SMILES string of the molecule is Cc1nc(NC(=O)c2ccn(C3CCCNC3)n2)sc1Cc1ccccc1F.Cl. The van der Waals surface area contributed by atoms with Crippen molar-refractivity contribution in [2.45, 2.75) is 32.2 Å². The third-order valence-corrected chi connectivity index (χ3v) is 5.98. The summed E-state index contributed by atoms with van der Waals surface area (Å²) in [6, 6.07) is 8.71. The van der Waals surface area contributed by atoms with E-state index < -0.39 is 0 Å². The van der Waals surface area contributed by atoms with E-state index in [0.29, 0.717) is 22.8 Å². The van der Waals surface area contributed by atoms with E-state index in [4.69, 9.17) is 0 Å². The van der Waals surface area contributed by atoms with Crippen LogP contribution in [0.4, 0.5) is 9.52 Å². The Kier molecular flexibility index (Phi) is 7.00. The zero-order valence-electron chi connectivity index (χ0n) is 16.0. The Morgan fingerprint density at radius 3 is 2.97 bits per heavy atom. The van der Waals surface area contributed by atoms with Gasteiger partial charge in [-0.2, -0.15) is 5.10 Å². The second kappa shape index (κ2) is 9.47. The summed E-state index contributed by atoms with van der Waals surface area (Å²) >= 11 is 1.37. The molecule has 0 spiro atoms. The molecule has 1 aromatic carbocycles. The van der Waals surface area contributed by atoms with Crippen molar-refractivity contribution in [1.29, 1.82) is 0 Å². The van der Waals surface area contributed by atoms with Crippen molar-refractivity contribution in [3.8, 4) is 0 Å². The van der Waals surface area contributed by atoms with Crippen LogP contribution < -0.4 is 10.6 Å². The van der Waals surface area contributed by atoms with Gasteiger partial charge in [-0.05, 0) is 44.0 Å².